The van der Waals surface area contributed by atoms with Crippen LogP contribution in [0.1, 0.15) is 19.3 Å². The summed E-state index contributed by atoms with van der Waals surface area (Å²) in [7, 11) is 0. The molecule has 1 unspecified atom stereocenters. The molecule has 0 spiro atoms. The summed E-state index contributed by atoms with van der Waals surface area (Å²) in [5, 5.41) is 3.43. The van der Waals surface area contributed by atoms with E-state index < -0.39 is 0 Å². The first-order valence-electron chi connectivity index (χ1n) is 6.80. The van der Waals surface area contributed by atoms with Gasteiger partial charge in [0.05, 0.1) is 21.8 Å². The van der Waals surface area contributed by atoms with Gasteiger partial charge in [-0.25, -0.2) is 0 Å². The van der Waals surface area contributed by atoms with Crippen LogP contribution in [0.5, 0.6) is 0 Å². The van der Waals surface area contributed by atoms with E-state index in [2.05, 4.69) is 5.32 Å². The van der Waals surface area contributed by atoms with Crippen molar-refractivity contribution in [1.29, 1.82) is 0 Å². The monoisotopic (exact) mass is 348 g/mol. The largest absolute Gasteiger partial charge is 0.399 e. The number of hydrogen-bond acceptors (Lipinski definition) is 4. The third-order valence-corrected chi connectivity index (χ3v) is 4.83. The zero-order valence-electron chi connectivity index (χ0n) is 11.5. The lowest BCUT2D eigenvalue weighted by Crippen LogP contribution is -2.14. The minimum Gasteiger partial charge on any atom is -0.399 e. The van der Waals surface area contributed by atoms with Crippen molar-refractivity contribution < 1.29 is 9.53 Å². The quantitative estimate of drug-likeness (QED) is 0.605. The van der Waals surface area contributed by atoms with E-state index in [1.807, 2.05) is 0 Å². The Kier molecular flexibility index (Phi) is 6.48. The minimum absolute atomic E-state index is 0.108. The standard InChI is InChI=1S/C14H18Cl2N2O2S/c15-11-6-9(17)7-12(16)14(11)18-13(19)3-5-21-8-10-2-1-4-20-10/h6-7,10H,1-5,8,17H2,(H,18,19). The van der Waals surface area contributed by atoms with Gasteiger partial charge in [0.1, 0.15) is 0 Å². The summed E-state index contributed by atoms with van der Waals surface area (Å²) in [4.78, 5) is 11.9. The molecule has 0 bridgehead atoms. The van der Waals surface area contributed by atoms with Crippen LogP contribution >= 0.6 is 35.0 Å². The molecule has 1 aromatic carbocycles. The number of benzene rings is 1. The van der Waals surface area contributed by atoms with E-state index in [0.29, 0.717) is 33.9 Å². The number of carbonyl (C=O) groups is 1. The summed E-state index contributed by atoms with van der Waals surface area (Å²) in [6.07, 6.45) is 3.02. The Morgan fingerprint density at radius 1 is 1.43 bits per heavy atom. The van der Waals surface area contributed by atoms with Crippen molar-refractivity contribution in [3.63, 3.8) is 0 Å². The van der Waals surface area contributed by atoms with Crippen molar-refractivity contribution >= 4 is 52.2 Å². The fourth-order valence-electron chi connectivity index (χ4n) is 2.07. The smallest absolute Gasteiger partial charge is 0.225 e. The number of nitrogens with two attached hydrogens (primary N) is 1. The SMILES string of the molecule is Nc1cc(Cl)c(NC(=O)CCSCC2CCCO2)c(Cl)c1. The van der Waals surface area contributed by atoms with Crippen LogP contribution in [0.2, 0.25) is 10.0 Å². The third kappa shape index (κ3) is 5.25. The lowest BCUT2D eigenvalue weighted by molar-refractivity contribution is -0.115. The highest BCUT2D eigenvalue weighted by molar-refractivity contribution is 7.99. The number of halogens is 2. The van der Waals surface area contributed by atoms with Crippen LogP contribution in [0.25, 0.3) is 0 Å². The molecule has 1 atom stereocenters. The Morgan fingerprint density at radius 3 is 2.76 bits per heavy atom. The normalized spacial score (nSPS) is 17.9. The number of carbonyl (C=O) groups excluding carboxylic acids is 1. The molecular formula is C14H18Cl2N2O2S. The van der Waals surface area contributed by atoms with Gasteiger partial charge in [0.25, 0.3) is 0 Å². The van der Waals surface area contributed by atoms with Crippen LogP contribution in [0, 0.1) is 0 Å². The molecule has 0 aliphatic carbocycles. The van der Waals surface area contributed by atoms with E-state index in [0.717, 1.165) is 31.0 Å². The number of nitrogen functional groups attached to an aromatic ring is 1. The highest BCUT2D eigenvalue weighted by Crippen LogP contribution is 2.32. The van der Waals surface area contributed by atoms with Gasteiger partial charge >= 0.3 is 0 Å². The van der Waals surface area contributed by atoms with Crippen LogP contribution < -0.4 is 11.1 Å². The molecule has 1 heterocycles. The Bertz CT molecular complexity index is 485. The molecule has 116 valence electrons. The van der Waals surface area contributed by atoms with Gasteiger partial charge in [0.15, 0.2) is 0 Å². The molecule has 21 heavy (non-hydrogen) atoms. The molecule has 0 saturated carbocycles. The number of amides is 1. The van der Waals surface area contributed by atoms with Crippen molar-refractivity contribution in [2.45, 2.75) is 25.4 Å². The van der Waals surface area contributed by atoms with Crippen LogP contribution in [-0.4, -0.2) is 30.1 Å². The summed E-state index contributed by atoms with van der Waals surface area (Å²) in [6.45, 7) is 0.861. The minimum atomic E-state index is -0.108. The van der Waals surface area contributed by atoms with E-state index in [1.54, 1.807) is 23.9 Å². The van der Waals surface area contributed by atoms with Crippen molar-refractivity contribution in [1.82, 2.24) is 0 Å². The number of anilines is 2. The summed E-state index contributed by atoms with van der Waals surface area (Å²) in [5.41, 5.74) is 6.51. The molecule has 1 aromatic rings. The number of hydrogen-bond donors (Lipinski definition) is 2. The third-order valence-electron chi connectivity index (χ3n) is 3.13. The van der Waals surface area contributed by atoms with Crippen LogP contribution in [0.15, 0.2) is 12.1 Å². The Labute approximate surface area is 138 Å². The molecule has 0 radical (unpaired) electrons. The van der Waals surface area contributed by atoms with Gasteiger partial charge in [-0.3, -0.25) is 4.79 Å². The van der Waals surface area contributed by atoms with Gasteiger partial charge < -0.3 is 15.8 Å². The number of thioether (sulfide) groups is 1. The van der Waals surface area contributed by atoms with E-state index >= 15 is 0 Å². The molecule has 1 aliphatic rings. The maximum Gasteiger partial charge on any atom is 0.225 e. The molecule has 7 heteroatoms. The van der Waals surface area contributed by atoms with Crippen molar-refractivity contribution in [2.75, 3.05) is 29.2 Å². The predicted octanol–water partition coefficient (Wildman–Crippen LogP) is 3.82. The molecule has 1 amide bonds. The first-order chi connectivity index (χ1) is 10.1. The number of rotatable bonds is 6. The molecule has 1 fully saturated rings. The molecule has 1 aliphatic heterocycles. The average Bonchev–Trinajstić information content (AvgIpc) is 2.92. The zero-order chi connectivity index (χ0) is 15.2. The van der Waals surface area contributed by atoms with Gasteiger partial charge in [0, 0.05) is 30.2 Å². The average molecular weight is 349 g/mol. The zero-order valence-corrected chi connectivity index (χ0v) is 13.9. The van der Waals surface area contributed by atoms with E-state index in [1.165, 1.54) is 0 Å². The van der Waals surface area contributed by atoms with Crippen molar-refractivity contribution in [3.8, 4) is 0 Å². The molecular weight excluding hydrogens is 331 g/mol. The summed E-state index contributed by atoms with van der Waals surface area (Å²) in [5.74, 6) is 1.58. The van der Waals surface area contributed by atoms with Gasteiger partial charge in [-0.15, -0.1) is 0 Å². The summed E-state index contributed by atoms with van der Waals surface area (Å²) >= 11 is 13.8. The fraction of sp³-hybridized carbons (Fsp3) is 0.500. The van der Waals surface area contributed by atoms with Crippen LogP contribution in [-0.2, 0) is 9.53 Å². The molecule has 1 saturated heterocycles. The Balaban J connectivity index is 1.74. The summed E-state index contributed by atoms with van der Waals surface area (Å²) < 4.78 is 5.53. The van der Waals surface area contributed by atoms with Crippen LogP contribution in [0.3, 0.4) is 0 Å². The first-order valence-corrected chi connectivity index (χ1v) is 8.71. The second kappa shape index (κ2) is 8.13. The van der Waals surface area contributed by atoms with Crippen molar-refractivity contribution in [2.24, 2.45) is 0 Å². The number of nitrogens with one attached hydrogen (secondary N) is 1. The van der Waals surface area contributed by atoms with E-state index in [9.17, 15) is 4.79 Å². The first kappa shape index (κ1) is 16.7. The maximum atomic E-state index is 11.9. The Morgan fingerprint density at radius 2 is 2.14 bits per heavy atom. The highest BCUT2D eigenvalue weighted by atomic mass is 35.5. The fourth-order valence-corrected chi connectivity index (χ4v) is 3.69. The maximum absolute atomic E-state index is 11.9. The van der Waals surface area contributed by atoms with E-state index in [4.69, 9.17) is 33.7 Å². The van der Waals surface area contributed by atoms with Gasteiger partial charge in [-0.05, 0) is 25.0 Å². The van der Waals surface area contributed by atoms with Crippen molar-refractivity contribution in [3.05, 3.63) is 22.2 Å². The second-order valence-corrected chi connectivity index (χ2v) is 6.83. The summed E-state index contributed by atoms with van der Waals surface area (Å²) in [6, 6.07) is 3.13. The van der Waals surface area contributed by atoms with Gasteiger partial charge in [-0.2, -0.15) is 11.8 Å². The lowest BCUT2D eigenvalue weighted by atomic mass is 10.2. The molecule has 2 rings (SSSR count). The predicted molar refractivity (Wildman–Crippen MR) is 90.4 cm³/mol. The van der Waals surface area contributed by atoms with Gasteiger partial charge in [0.2, 0.25) is 5.91 Å². The Hall–Kier alpha value is -0.620. The topological polar surface area (TPSA) is 64.3 Å². The molecule has 3 N–H and O–H groups in total. The lowest BCUT2D eigenvalue weighted by Gasteiger charge is -2.11. The molecule has 4 nitrogen and oxygen atoms in total. The van der Waals surface area contributed by atoms with E-state index in [-0.39, 0.29) is 5.91 Å². The van der Waals surface area contributed by atoms with Crippen LogP contribution in [0.4, 0.5) is 11.4 Å². The molecule has 0 aromatic heterocycles. The highest BCUT2D eigenvalue weighted by Gasteiger charge is 2.15. The van der Waals surface area contributed by atoms with Gasteiger partial charge in [-0.1, -0.05) is 23.2 Å². The number of ether oxygens (including phenoxy) is 1. The second-order valence-electron chi connectivity index (χ2n) is 4.87.